The average molecular weight is 420 g/mol. The van der Waals surface area contributed by atoms with E-state index in [0.717, 1.165) is 11.3 Å². The van der Waals surface area contributed by atoms with Crippen molar-refractivity contribution in [3.8, 4) is 11.3 Å². The Hall–Kier alpha value is -3.68. The van der Waals surface area contributed by atoms with E-state index in [9.17, 15) is 9.18 Å². The second-order valence-corrected chi connectivity index (χ2v) is 7.67. The van der Waals surface area contributed by atoms with E-state index in [1.807, 2.05) is 59.1 Å². The molecular formula is C23H25FN6O. The minimum atomic E-state index is -0.598. The fourth-order valence-electron chi connectivity index (χ4n) is 3.65. The Morgan fingerprint density at radius 2 is 1.68 bits per heavy atom. The monoisotopic (exact) mass is 420 g/mol. The zero-order valence-corrected chi connectivity index (χ0v) is 17.6. The van der Waals surface area contributed by atoms with Crippen LogP contribution in [0.5, 0.6) is 0 Å². The third kappa shape index (κ3) is 4.42. The number of carbonyl (C=O) groups is 1. The highest BCUT2D eigenvalue weighted by Crippen LogP contribution is 2.26. The number of para-hydroxylation sites is 1. The largest absolute Gasteiger partial charge is 0.378 e. The molecule has 2 N–H and O–H groups in total. The molecule has 1 aromatic heterocycles. The summed E-state index contributed by atoms with van der Waals surface area (Å²) in [6.07, 6.45) is 0. The lowest BCUT2D eigenvalue weighted by Crippen LogP contribution is -2.47. The van der Waals surface area contributed by atoms with E-state index in [2.05, 4.69) is 4.98 Å². The highest BCUT2D eigenvalue weighted by atomic mass is 19.1. The number of piperazine rings is 1. The molecule has 1 aliphatic rings. The summed E-state index contributed by atoms with van der Waals surface area (Å²) in [5, 5.41) is 0. The molecule has 3 aromatic rings. The summed E-state index contributed by atoms with van der Waals surface area (Å²) in [6, 6.07) is 16.3. The van der Waals surface area contributed by atoms with Crippen molar-refractivity contribution in [2.75, 3.05) is 55.0 Å². The predicted molar refractivity (Wildman–Crippen MR) is 121 cm³/mol. The van der Waals surface area contributed by atoms with Crippen LogP contribution in [-0.4, -0.2) is 56.1 Å². The van der Waals surface area contributed by atoms with Gasteiger partial charge in [0.25, 0.3) is 5.91 Å². The molecule has 0 unspecified atom stereocenters. The van der Waals surface area contributed by atoms with Gasteiger partial charge in [0.15, 0.2) is 0 Å². The number of anilines is 3. The van der Waals surface area contributed by atoms with E-state index in [0.29, 0.717) is 43.5 Å². The van der Waals surface area contributed by atoms with E-state index in [-0.39, 0.29) is 11.5 Å². The first-order valence-corrected chi connectivity index (χ1v) is 10.1. The van der Waals surface area contributed by atoms with Crippen molar-refractivity contribution in [1.82, 2.24) is 9.97 Å². The van der Waals surface area contributed by atoms with Crippen molar-refractivity contribution in [3.05, 3.63) is 66.1 Å². The van der Waals surface area contributed by atoms with Crippen LogP contribution in [0, 0.1) is 5.82 Å². The molecule has 0 bridgehead atoms. The van der Waals surface area contributed by atoms with Crippen molar-refractivity contribution in [2.24, 2.45) is 5.73 Å². The van der Waals surface area contributed by atoms with Crippen LogP contribution in [0.3, 0.4) is 0 Å². The topological polar surface area (TPSA) is 78.6 Å². The van der Waals surface area contributed by atoms with E-state index >= 15 is 0 Å². The van der Waals surface area contributed by atoms with Crippen LogP contribution in [-0.2, 0) is 0 Å². The van der Waals surface area contributed by atoms with Crippen LogP contribution in [0.4, 0.5) is 21.7 Å². The Morgan fingerprint density at radius 3 is 2.35 bits per heavy atom. The third-order valence-corrected chi connectivity index (χ3v) is 5.38. The molecule has 0 radical (unpaired) electrons. The Morgan fingerprint density at radius 1 is 0.968 bits per heavy atom. The van der Waals surface area contributed by atoms with Crippen molar-refractivity contribution < 1.29 is 9.18 Å². The number of hydrogen-bond acceptors (Lipinski definition) is 6. The molecule has 1 fully saturated rings. The summed E-state index contributed by atoms with van der Waals surface area (Å²) in [5.74, 6) is -0.376. The summed E-state index contributed by atoms with van der Waals surface area (Å²) in [4.78, 5) is 27.0. The van der Waals surface area contributed by atoms with Crippen molar-refractivity contribution in [3.63, 3.8) is 0 Å². The van der Waals surface area contributed by atoms with Crippen LogP contribution in [0.25, 0.3) is 11.3 Å². The van der Waals surface area contributed by atoms with Crippen molar-refractivity contribution in [2.45, 2.75) is 0 Å². The van der Waals surface area contributed by atoms with E-state index in [1.165, 1.54) is 6.07 Å². The summed E-state index contributed by atoms with van der Waals surface area (Å²) < 4.78 is 14.1. The highest BCUT2D eigenvalue weighted by molar-refractivity contribution is 5.92. The van der Waals surface area contributed by atoms with Gasteiger partial charge in [-0.15, -0.1) is 0 Å². The van der Waals surface area contributed by atoms with Gasteiger partial charge in [-0.1, -0.05) is 24.3 Å². The maximum absolute atomic E-state index is 14.1. The van der Waals surface area contributed by atoms with Gasteiger partial charge in [-0.2, -0.15) is 0 Å². The minimum absolute atomic E-state index is 0.173. The molecule has 1 amide bonds. The number of amides is 1. The fraction of sp³-hybridized carbons (Fsp3) is 0.261. The number of aromatic nitrogens is 2. The van der Waals surface area contributed by atoms with Gasteiger partial charge in [-0.25, -0.2) is 14.4 Å². The van der Waals surface area contributed by atoms with Crippen LogP contribution >= 0.6 is 0 Å². The predicted octanol–water partition coefficient (Wildman–Crippen LogP) is 2.77. The van der Waals surface area contributed by atoms with Crippen LogP contribution in [0.1, 0.15) is 10.5 Å². The second kappa shape index (κ2) is 8.59. The number of nitrogens with two attached hydrogens (primary N) is 1. The van der Waals surface area contributed by atoms with E-state index in [4.69, 9.17) is 10.7 Å². The molecule has 2 heterocycles. The fourth-order valence-corrected chi connectivity index (χ4v) is 3.65. The number of carbonyl (C=O) groups excluding carboxylic acids is 1. The van der Waals surface area contributed by atoms with Gasteiger partial charge in [-0.05, 0) is 30.3 Å². The molecule has 1 aliphatic heterocycles. The molecule has 0 saturated carbocycles. The second-order valence-electron chi connectivity index (χ2n) is 7.67. The average Bonchev–Trinajstić information content (AvgIpc) is 2.79. The first-order chi connectivity index (χ1) is 14.9. The SMILES string of the molecule is CN(C)c1cccc(-c2cc(C(N)=O)nc(N3CCN(c4ccccc4F)CC3)n2)c1. The van der Waals surface area contributed by atoms with Crippen LogP contribution in [0.15, 0.2) is 54.6 Å². The lowest BCUT2D eigenvalue weighted by atomic mass is 10.1. The van der Waals surface area contributed by atoms with Gasteiger partial charge in [0.2, 0.25) is 5.95 Å². The van der Waals surface area contributed by atoms with Crippen molar-refractivity contribution in [1.29, 1.82) is 0 Å². The number of hydrogen-bond donors (Lipinski definition) is 1. The zero-order chi connectivity index (χ0) is 22.0. The summed E-state index contributed by atoms with van der Waals surface area (Å²) in [6.45, 7) is 2.45. The normalized spacial score (nSPS) is 13.9. The Labute approximate surface area is 180 Å². The molecule has 0 aliphatic carbocycles. The van der Waals surface area contributed by atoms with E-state index in [1.54, 1.807) is 18.2 Å². The number of halogens is 1. The highest BCUT2D eigenvalue weighted by Gasteiger charge is 2.22. The quantitative estimate of drug-likeness (QED) is 0.684. The smallest absolute Gasteiger partial charge is 0.267 e. The molecular weight excluding hydrogens is 395 g/mol. The van der Waals surface area contributed by atoms with Crippen LogP contribution in [0.2, 0.25) is 0 Å². The lowest BCUT2D eigenvalue weighted by molar-refractivity contribution is 0.0995. The molecule has 0 atom stereocenters. The van der Waals surface area contributed by atoms with Gasteiger partial charge in [0.1, 0.15) is 11.5 Å². The van der Waals surface area contributed by atoms with Gasteiger partial charge in [-0.3, -0.25) is 4.79 Å². The Kier molecular flexibility index (Phi) is 5.70. The number of benzene rings is 2. The van der Waals surface area contributed by atoms with Gasteiger partial charge < -0.3 is 20.4 Å². The van der Waals surface area contributed by atoms with E-state index < -0.39 is 5.91 Å². The molecule has 7 nitrogen and oxygen atoms in total. The molecule has 1 saturated heterocycles. The van der Waals surface area contributed by atoms with Gasteiger partial charge in [0.05, 0.1) is 11.4 Å². The maximum Gasteiger partial charge on any atom is 0.267 e. The first-order valence-electron chi connectivity index (χ1n) is 10.1. The van der Waals surface area contributed by atoms with Gasteiger partial charge >= 0.3 is 0 Å². The standard InChI is InChI=1S/C23H25FN6O/c1-28(2)17-7-5-6-16(14-17)19-15-20(22(25)31)27-23(26-19)30-12-10-29(11-13-30)21-9-4-3-8-18(21)24/h3-9,14-15H,10-13H2,1-2H3,(H2,25,31). The molecule has 0 spiro atoms. The maximum atomic E-state index is 14.1. The van der Waals surface area contributed by atoms with Crippen LogP contribution < -0.4 is 20.4 Å². The molecule has 8 heteroatoms. The minimum Gasteiger partial charge on any atom is -0.378 e. The number of nitrogens with zero attached hydrogens (tertiary/aromatic N) is 5. The molecule has 4 rings (SSSR count). The number of primary amides is 1. The molecule has 2 aromatic carbocycles. The summed E-state index contributed by atoms with van der Waals surface area (Å²) >= 11 is 0. The zero-order valence-electron chi connectivity index (χ0n) is 17.6. The molecule has 31 heavy (non-hydrogen) atoms. The van der Waals surface area contributed by atoms with Crippen molar-refractivity contribution >= 4 is 23.2 Å². The summed E-state index contributed by atoms with van der Waals surface area (Å²) in [5.41, 5.74) is 8.85. The third-order valence-electron chi connectivity index (χ3n) is 5.38. The Balaban J connectivity index is 1.61. The molecule has 160 valence electrons. The first kappa shape index (κ1) is 20.6. The van der Waals surface area contributed by atoms with Gasteiger partial charge in [0, 0.05) is 51.5 Å². The Bertz CT molecular complexity index is 1090. The summed E-state index contributed by atoms with van der Waals surface area (Å²) in [7, 11) is 3.93. The number of rotatable bonds is 5. The lowest BCUT2D eigenvalue weighted by Gasteiger charge is -2.36.